The van der Waals surface area contributed by atoms with Crippen molar-refractivity contribution in [2.45, 2.75) is 0 Å². The number of non-ortho nitro benzene ring substituents is 1. The first-order chi connectivity index (χ1) is 12.5. The van der Waals surface area contributed by atoms with Gasteiger partial charge in [-0.25, -0.2) is 0 Å². The Morgan fingerprint density at radius 3 is 2.31 bits per heavy atom. The number of carbonyl (C=O) groups excluding carboxylic acids is 1. The molecule has 0 aliphatic heterocycles. The third-order valence-corrected chi connectivity index (χ3v) is 3.75. The number of nitro groups is 1. The van der Waals surface area contributed by atoms with E-state index in [2.05, 4.69) is 5.32 Å². The summed E-state index contributed by atoms with van der Waals surface area (Å²) < 4.78 is 10.7. The van der Waals surface area contributed by atoms with Gasteiger partial charge in [0.25, 0.3) is 11.6 Å². The van der Waals surface area contributed by atoms with Crippen LogP contribution >= 0.6 is 0 Å². The second-order valence-electron chi connectivity index (χ2n) is 5.52. The number of rotatable bonds is 6. The zero-order valence-corrected chi connectivity index (χ0v) is 14.0. The smallest absolute Gasteiger partial charge is 0.269 e. The quantitative estimate of drug-likeness (QED) is 0.538. The van der Waals surface area contributed by atoms with Crippen LogP contribution in [0.25, 0.3) is 10.8 Å². The number of carbonyl (C=O) groups is 1. The summed E-state index contributed by atoms with van der Waals surface area (Å²) in [5, 5.41) is 15.2. The zero-order valence-electron chi connectivity index (χ0n) is 14.0. The number of nitro benzene ring substituents is 1. The summed E-state index contributed by atoms with van der Waals surface area (Å²) in [4.78, 5) is 22.1. The van der Waals surface area contributed by atoms with Gasteiger partial charge in [0, 0.05) is 17.8 Å². The third kappa shape index (κ3) is 4.07. The summed E-state index contributed by atoms with van der Waals surface area (Å²) in [5.41, 5.74) is 0.429. The topological polar surface area (TPSA) is 90.7 Å². The summed E-state index contributed by atoms with van der Waals surface area (Å²) in [6, 6.07) is 16.8. The lowest BCUT2D eigenvalue weighted by atomic mass is 10.1. The molecule has 0 heterocycles. The third-order valence-electron chi connectivity index (χ3n) is 3.75. The SMILES string of the molecule is COc1ccc2ccc(OCC(=O)Nc3ccc([N+](=O)[O-])cc3)cc2c1. The standard InChI is InChI=1S/C19H16N2O5/c1-25-17-8-2-13-3-9-18(11-14(13)10-17)26-12-19(22)20-15-4-6-16(7-5-15)21(23)24/h2-11H,12H2,1H3,(H,20,22). The van der Waals surface area contributed by atoms with E-state index >= 15 is 0 Å². The number of anilines is 1. The van der Waals surface area contributed by atoms with Crippen molar-refractivity contribution in [2.24, 2.45) is 0 Å². The number of nitrogens with zero attached hydrogens (tertiary/aromatic N) is 1. The summed E-state index contributed by atoms with van der Waals surface area (Å²) >= 11 is 0. The minimum Gasteiger partial charge on any atom is -0.497 e. The van der Waals surface area contributed by atoms with Crippen LogP contribution in [0.1, 0.15) is 0 Å². The number of methoxy groups -OCH3 is 1. The van der Waals surface area contributed by atoms with E-state index in [0.29, 0.717) is 11.4 Å². The van der Waals surface area contributed by atoms with Crippen LogP contribution in [0.15, 0.2) is 60.7 Å². The molecule has 7 nitrogen and oxygen atoms in total. The first-order valence-electron chi connectivity index (χ1n) is 7.80. The number of ether oxygens (including phenoxy) is 2. The second kappa shape index (κ2) is 7.52. The highest BCUT2D eigenvalue weighted by atomic mass is 16.6. The van der Waals surface area contributed by atoms with E-state index in [1.165, 1.54) is 24.3 Å². The van der Waals surface area contributed by atoms with E-state index < -0.39 is 4.92 Å². The first kappa shape index (κ1) is 17.2. The Bertz CT molecular complexity index is 954. The Hall–Kier alpha value is -3.61. The number of amides is 1. The minimum atomic E-state index is -0.497. The van der Waals surface area contributed by atoms with Crippen LogP contribution in [0.2, 0.25) is 0 Å². The van der Waals surface area contributed by atoms with Gasteiger partial charge in [0.1, 0.15) is 11.5 Å². The molecule has 7 heteroatoms. The summed E-state index contributed by atoms with van der Waals surface area (Å²) in [5.74, 6) is 0.944. The lowest BCUT2D eigenvalue weighted by molar-refractivity contribution is -0.384. The van der Waals surface area contributed by atoms with Crippen molar-refractivity contribution in [1.82, 2.24) is 0 Å². The maximum absolute atomic E-state index is 12.0. The van der Waals surface area contributed by atoms with Gasteiger partial charge in [-0.15, -0.1) is 0 Å². The van der Waals surface area contributed by atoms with E-state index in [9.17, 15) is 14.9 Å². The van der Waals surface area contributed by atoms with Crippen molar-refractivity contribution in [2.75, 3.05) is 19.0 Å². The lowest BCUT2D eigenvalue weighted by Crippen LogP contribution is -2.20. The molecule has 0 atom stereocenters. The Kier molecular flexibility index (Phi) is 4.98. The van der Waals surface area contributed by atoms with Crippen LogP contribution in [0.4, 0.5) is 11.4 Å². The monoisotopic (exact) mass is 352 g/mol. The molecule has 1 N–H and O–H groups in total. The molecule has 0 radical (unpaired) electrons. The molecule has 1 amide bonds. The normalized spacial score (nSPS) is 10.3. The predicted octanol–water partition coefficient (Wildman–Crippen LogP) is 3.77. The van der Waals surface area contributed by atoms with Crippen molar-refractivity contribution in [1.29, 1.82) is 0 Å². The number of fused-ring (bicyclic) bond motifs is 1. The fraction of sp³-hybridized carbons (Fsp3) is 0.105. The Labute approximate surface area is 149 Å². The van der Waals surface area contributed by atoms with Gasteiger partial charge in [0.2, 0.25) is 0 Å². The molecule has 0 bridgehead atoms. The second-order valence-corrected chi connectivity index (χ2v) is 5.52. The van der Waals surface area contributed by atoms with E-state index in [1.807, 2.05) is 30.3 Å². The molecule has 3 aromatic carbocycles. The molecule has 0 spiro atoms. The van der Waals surface area contributed by atoms with Gasteiger partial charge in [-0.05, 0) is 47.2 Å². The van der Waals surface area contributed by atoms with Crippen molar-refractivity contribution in [3.63, 3.8) is 0 Å². The number of hydrogen-bond donors (Lipinski definition) is 1. The molecule has 0 saturated carbocycles. The minimum absolute atomic E-state index is 0.0363. The van der Waals surface area contributed by atoms with Crippen LogP contribution in [0, 0.1) is 10.1 Å². The molecule has 3 rings (SSSR count). The van der Waals surface area contributed by atoms with Gasteiger partial charge >= 0.3 is 0 Å². The summed E-state index contributed by atoms with van der Waals surface area (Å²) in [6.07, 6.45) is 0. The molecule has 26 heavy (non-hydrogen) atoms. The highest BCUT2D eigenvalue weighted by Crippen LogP contribution is 2.25. The molecular weight excluding hydrogens is 336 g/mol. The van der Waals surface area contributed by atoms with Crippen molar-refractivity contribution in [3.05, 3.63) is 70.8 Å². The van der Waals surface area contributed by atoms with Gasteiger partial charge in [-0.1, -0.05) is 12.1 Å². The predicted molar refractivity (Wildman–Crippen MR) is 97.7 cm³/mol. The summed E-state index contributed by atoms with van der Waals surface area (Å²) in [7, 11) is 1.60. The molecule has 0 aliphatic rings. The van der Waals surface area contributed by atoms with Gasteiger partial charge in [-0.3, -0.25) is 14.9 Å². The average molecular weight is 352 g/mol. The Balaban J connectivity index is 1.61. The molecule has 0 aliphatic carbocycles. The van der Waals surface area contributed by atoms with Gasteiger partial charge in [0.05, 0.1) is 12.0 Å². The van der Waals surface area contributed by atoms with Crippen LogP contribution in [0.3, 0.4) is 0 Å². The fourth-order valence-electron chi connectivity index (χ4n) is 2.43. The highest BCUT2D eigenvalue weighted by Gasteiger charge is 2.08. The molecule has 0 unspecified atom stereocenters. The van der Waals surface area contributed by atoms with E-state index in [1.54, 1.807) is 13.2 Å². The zero-order chi connectivity index (χ0) is 18.5. The van der Waals surface area contributed by atoms with E-state index in [0.717, 1.165) is 16.5 Å². The van der Waals surface area contributed by atoms with Crippen LogP contribution in [-0.2, 0) is 4.79 Å². The number of hydrogen-bond acceptors (Lipinski definition) is 5. The number of nitrogens with one attached hydrogen (secondary N) is 1. The fourth-order valence-corrected chi connectivity index (χ4v) is 2.43. The van der Waals surface area contributed by atoms with Gasteiger partial charge in [0.15, 0.2) is 6.61 Å². The van der Waals surface area contributed by atoms with E-state index in [4.69, 9.17) is 9.47 Å². The molecule has 132 valence electrons. The number of benzene rings is 3. The van der Waals surface area contributed by atoms with Crippen LogP contribution in [0.5, 0.6) is 11.5 Å². The maximum Gasteiger partial charge on any atom is 0.269 e. The van der Waals surface area contributed by atoms with Crippen LogP contribution in [-0.4, -0.2) is 24.5 Å². The average Bonchev–Trinajstić information content (AvgIpc) is 2.66. The first-order valence-corrected chi connectivity index (χ1v) is 7.80. The Morgan fingerprint density at radius 1 is 1.00 bits per heavy atom. The molecule has 0 aromatic heterocycles. The van der Waals surface area contributed by atoms with Crippen molar-refractivity contribution in [3.8, 4) is 11.5 Å². The van der Waals surface area contributed by atoms with E-state index in [-0.39, 0.29) is 18.2 Å². The lowest BCUT2D eigenvalue weighted by Gasteiger charge is -2.09. The van der Waals surface area contributed by atoms with Gasteiger partial charge < -0.3 is 14.8 Å². The maximum atomic E-state index is 12.0. The largest absolute Gasteiger partial charge is 0.497 e. The van der Waals surface area contributed by atoms with Crippen LogP contribution < -0.4 is 14.8 Å². The molecule has 3 aromatic rings. The molecule has 0 fully saturated rings. The van der Waals surface area contributed by atoms with Gasteiger partial charge in [-0.2, -0.15) is 0 Å². The van der Waals surface area contributed by atoms with Crippen molar-refractivity contribution < 1.29 is 19.2 Å². The highest BCUT2D eigenvalue weighted by molar-refractivity contribution is 5.92. The summed E-state index contributed by atoms with van der Waals surface area (Å²) in [6.45, 7) is -0.174. The molecule has 0 saturated heterocycles. The van der Waals surface area contributed by atoms with Crippen molar-refractivity contribution >= 4 is 28.1 Å². The Morgan fingerprint density at radius 2 is 1.65 bits per heavy atom. The molecular formula is C19H16N2O5.